The van der Waals surface area contributed by atoms with Crippen LogP contribution in [0.5, 0.6) is 0 Å². The van der Waals surface area contributed by atoms with Gasteiger partial charge in [0.05, 0.1) is 0 Å². The zero-order chi connectivity index (χ0) is 11.9. The normalized spacial score (nSPS) is 25.2. The molecule has 0 N–H and O–H groups in total. The van der Waals surface area contributed by atoms with Crippen LogP contribution in [-0.4, -0.2) is 41.2 Å². The largest absolute Gasteiger partial charge is 0.328 e. The summed E-state index contributed by atoms with van der Waals surface area (Å²) in [5.41, 5.74) is 0.576. The van der Waals surface area contributed by atoms with Crippen molar-refractivity contribution in [1.29, 1.82) is 0 Å². The monoisotopic (exact) mass is 222 g/mol. The molecule has 0 aromatic carbocycles. The molecule has 0 aromatic heterocycles. The van der Waals surface area contributed by atoms with Gasteiger partial charge in [0, 0.05) is 13.6 Å². The van der Waals surface area contributed by atoms with Crippen molar-refractivity contribution in [1.82, 2.24) is 9.80 Å². The Balaban J connectivity index is 2.25. The highest BCUT2D eigenvalue weighted by Gasteiger charge is 2.42. The Morgan fingerprint density at radius 2 is 2.12 bits per heavy atom. The maximum atomic E-state index is 12.2. The van der Waals surface area contributed by atoms with Gasteiger partial charge in [0.15, 0.2) is 0 Å². The van der Waals surface area contributed by atoms with E-state index in [2.05, 4.69) is 13.8 Å². The van der Waals surface area contributed by atoms with E-state index in [1.807, 2.05) is 6.08 Å². The molecule has 4 heteroatoms. The highest BCUT2D eigenvalue weighted by Crippen LogP contribution is 2.27. The summed E-state index contributed by atoms with van der Waals surface area (Å²) in [6.45, 7) is 4.81. The first-order valence-corrected chi connectivity index (χ1v) is 5.81. The van der Waals surface area contributed by atoms with Gasteiger partial charge in [-0.2, -0.15) is 0 Å². The second-order valence-electron chi connectivity index (χ2n) is 4.93. The van der Waals surface area contributed by atoms with Crippen LogP contribution < -0.4 is 0 Å². The molecule has 88 valence electrons. The van der Waals surface area contributed by atoms with Crippen molar-refractivity contribution in [3.05, 3.63) is 11.8 Å². The fourth-order valence-electron chi connectivity index (χ4n) is 2.37. The van der Waals surface area contributed by atoms with Gasteiger partial charge < -0.3 is 9.80 Å². The Hall–Kier alpha value is -1.32. The van der Waals surface area contributed by atoms with Gasteiger partial charge in [0.2, 0.25) is 5.91 Å². The minimum Gasteiger partial charge on any atom is -0.328 e. The number of amides is 2. The van der Waals surface area contributed by atoms with E-state index in [1.165, 1.54) is 0 Å². The van der Waals surface area contributed by atoms with Crippen LogP contribution in [0.1, 0.15) is 26.7 Å². The molecular weight excluding hydrogens is 204 g/mol. The first-order chi connectivity index (χ1) is 7.52. The molecule has 2 aliphatic rings. The van der Waals surface area contributed by atoms with Gasteiger partial charge in [-0.25, -0.2) is 0 Å². The molecular formula is C12H18N2O2. The lowest BCUT2D eigenvalue weighted by Crippen LogP contribution is -2.56. The van der Waals surface area contributed by atoms with Gasteiger partial charge in [-0.1, -0.05) is 19.9 Å². The zero-order valence-electron chi connectivity index (χ0n) is 10.1. The average molecular weight is 222 g/mol. The molecule has 4 nitrogen and oxygen atoms in total. The second kappa shape index (κ2) is 3.92. The van der Waals surface area contributed by atoms with E-state index >= 15 is 0 Å². The summed E-state index contributed by atoms with van der Waals surface area (Å²) in [5, 5.41) is 0. The summed E-state index contributed by atoms with van der Waals surface area (Å²) in [7, 11) is 1.73. The number of hydrogen-bond acceptors (Lipinski definition) is 2. The molecule has 1 saturated heterocycles. The topological polar surface area (TPSA) is 40.6 Å². The maximum Gasteiger partial charge on any atom is 0.270 e. The van der Waals surface area contributed by atoms with Crippen molar-refractivity contribution in [3.8, 4) is 0 Å². The van der Waals surface area contributed by atoms with E-state index in [0.29, 0.717) is 18.2 Å². The number of nitrogens with zero attached hydrogens (tertiary/aromatic N) is 2. The molecule has 0 saturated carbocycles. The molecule has 0 aromatic rings. The zero-order valence-corrected chi connectivity index (χ0v) is 10.1. The summed E-state index contributed by atoms with van der Waals surface area (Å²) < 4.78 is 0. The predicted molar refractivity (Wildman–Crippen MR) is 60.4 cm³/mol. The van der Waals surface area contributed by atoms with E-state index < -0.39 is 0 Å². The van der Waals surface area contributed by atoms with Crippen LogP contribution in [0, 0.1) is 5.92 Å². The SMILES string of the molecule is CC(C)CC1C(=O)N2CCC=C2C(=O)N1C. The first-order valence-electron chi connectivity index (χ1n) is 5.81. The summed E-state index contributed by atoms with van der Waals surface area (Å²) in [6, 6.07) is -0.275. The minimum atomic E-state index is -0.275. The van der Waals surface area contributed by atoms with Crippen molar-refractivity contribution in [2.75, 3.05) is 13.6 Å². The Morgan fingerprint density at radius 1 is 1.44 bits per heavy atom. The second-order valence-corrected chi connectivity index (χ2v) is 4.93. The molecule has 0 radical (unpaired) electrons. The Morgan fingerprint density at radius 3 is 2.75 bits per heavy atom. The van der Waals surface area contributed by atoms with Crippen LogP contribution in [0.3, 0.4) is 0 Å². The fraction of sp³-hybridized carbons (Fsp3) is 0.667. The third-order valence-electron chi connectivity index (χ3n) is 3.23. The summed E-state index contributed by atoms with van der Waals surface area (Å²) in [6.07, 6.45) is 3.40. The van der Waals surface area contributed by atoms with E-state index in [0.717, 1.165) is 12.8 Å². The minimum absolute atomic E-state index is 0.0113. The van der Waals surface area contributed by atoms with Crippen LogP contribution in [0.2, 0.25) is 0 Å². The molecule has 1 fully saturated rings. The quantitative estimate of drug-likeness (QED) is 0.699. The Bertz CT molecular complexity index is 360. The van der Waals surface area contributed by atoms with Crippen LogP contribution in [0.25, 0.3) is 0 Å². The van der Waals surface area contributed by atoms with Crippen molar-refractivity contribution < 1.29 is 9.59 Å². The number of carbonyl (C=O) groups is 2. The molecule has 1 unspecified atom stereocenters. The molecule has 16 heavy (non-hydrogen) atoms. The smallest absolute Gasteiger partial charge is 0.270 e. The number of likely N-dealkylation sites (N-methyl/N-ethyl adjacent to an activating group) is 1. The highest BCUT2D eigenvalue weighted by atomic mass is 16.2. The molecule has 2 amide bonds. The number of carbonyl (C=O) groups excluding carboxylic acids is 2. The molecule has 0 bridgehead atoms. The number of rotatable bonds is 2. The number of fused-ring (bicyclic) bond motifs is 1. The Labute approximate surface area is 95.9 Å². The number of hydrogen-bond donors (Lipinski definition) is 0. The molecule has 2 aliphatic heterocycles. The van der Waals surface area contributed by atoms with Gasteiger partial charge in [0.25, 0.3) is 5.91 Å². The lowest BCUT2D eigenvalue weighted by atomic mass is 9.99. The van der Waals surface area contributed by atoms with Gasteiger partial charge >= 0.3 is 0 Å². The van der Waals surface area contributed by atoms with Crippen molar-refractivity contribution in [2.45, 2.75) is 32.7 Å². The molecule has 1 atom stereocenters. The van der Waals surface area contributed by atoms with Crippen LogP contribution in [-0.2, 0) is 9.59 Å². The third kappa shape index (κ3) is 1.62. The van der Waals surface area contributed by atoms with E-state index in [1.54, 1.807) is 16.8 Å². The van der Waals surface area contributed by atoms with Crippen molar-refractivity contribution >= 4 is 11.8 Å². The van der Waals surface area contributed by atoms with E-state index in [-0.39, 0.29) is 17.9 Å². The van der Waals surface area contributed by atoms with Crippen LogP contribution >= 0.6 is 0 Å². The number of piperazine rings is 1. The van der Waals surface area contributed by atoms with Crippen LogP contribution in [0.4, 0.5) is 0 Å². The van der Waals surface area contributed by atoms with E-state index in [4.69, 9.17) is 0 Å². The lowest BCUT2D eigenvalue weighted by Gasteiger charge is -2.38. The molecule has 2 heterocycles. The standard InChI is InChI=1S/C12H18N2O2/c1-8(2)7-10-12(16)14-6-4-5-9(14)11(15)13(10)3/h5,8,10H,4,6-7H2,1-3H3. The molecule has 2 rings (SSSR count). The highest BCUT2D eigenvalue weighted by molar-refractivity contribution is 6.04. The van der Waals surface area contributed by atoms with Gasteiger partial charge in [-0.3, -0.25) is 9.59 Å². The van der Waals surface area contributed by atoms with Crippen LogP contribution in [0.15, 0.2) is 11.8 Å². The predicted octanol–water partition coefficient (Wildman–Crippen LogP) is 0.989. The summed E-state index contributed by atoms with van der Waals surface area (Å²) >= 11 is 0. The summed E-state index contributed by atoms with van der Waals surface area (Å²) in [4.78, 5) is 27.4. The lowest BCUT2D eigenvalue weighted by molar-refractivity contribution is -0.149. The average Bonchev–Trinajstić information content (AvgIpc) is 2.70. The Kier molecular flexibility index (Phi) is 2.74. The van der Waals surface area contributed by atoms with Crippen molar-refractivity contribution in [2.24, 2.45) is 5.92 Å². The fourth-order valence-corrected chi connectivity index (χ4v) is 2.37. The first kappa shape index (κ1) is 11.2. The maximum absolute atomic E-state index is 12.2. The molecule has 0 spiro atoms. The van der Waals surface area contributed by atoms with Gasteiger partial charge in [-0.05, 0) is 18.8 Å². The van der Waals surface area contributed by atoms with Gasteiger partial charge in [-0.15, -0.1) is 0 Å². The van der Waals surface area contributed by atoms with E-state index in [9.17, 15) is 9.59 Å². The third-order valence-corrected chi connectivity index (χ3v) is 3.23. The van der Waals surface area contributed by atoms with Crippen molar-refractivity contribution in [3.63, 3.8) is 0 Å². The van der Waals surface area contributed by atoms with Gasteiger partial charge in [0.1, 0.15) is 11.7 Å². The summed E-state index contributed by atoms with van der Waals surface area (Å²) in [5.74, 6) is 0.486. The molecule has 0 aliphatic carbocycles.